The van der Waals surface area contributed by atoms with Crippen LogP contribution in [0.25, 0.3) is 16.9 Å². The molecule has 7 nitrogen and oxygen atoms in total. The standard InChI is InChI=1S/C13H10N4O3/c18-12-5-9(6-13(19)20)15-11-7-10(16-17(11)12)8-1-3-14-4-2-8/h1-5,7,16H,6H2,(H,19,20). The molecule has 0 bridgehead atoms. The van der Waals surface area contributed by atoms with Crippen LogP contribution in [0.3, 0.4) is 0 Å². The molecule has 0 radical (unpaired) electrons. The summed E-state index contributed by atoms with van der Waals surface area (Å²) in [6, 6.07) is 6.51. The van der Waals surface area contributed by atoms with Crippen molar-refractivity contribution < 1.29 is 9.90 Å². The van der Waals surface area contributed by atoms with E-state index in [0.717, 1.165) is 5.56 Å². The second-order valence-electron chi connectivity index (χ2n) is 4.26. The molecule has 3 rings (SSSR count). The van der Waals surface area contributed by atoms with Gasteiger partial charge in [-0.25, -0.2) is 9.50 Å². The average Bonchev–Trinajstić information content (AvgIpc) is 2.83. The third-order valence-corrected chi connectivity index (χ3v) is 2.83. The van der Waals surface area contributed by atoms with Crippen LogP contribution in [0, 0.1) is 0 Å². The second-order valence-corrected chi connectivity index (χ2v) is 4.26. The van der Waals surface area contributed by atoms with E-state index in [9.17, 15) is 9.59 Å². The van der Waals surface area contributed by atoms with Crippen molar-refractivity contribution in [3.05, 3.63) is 52.7 Å². The van der Waals surface area contributed by atoms with Gasteiger partial charge in [-0.2, -0.15) is 0 Å². The Kier molecular flexibility index (Phi) is 2.79. The Morgan fingerprint density at radius 1 is 1.30 bits per heavy atom. The van der Waals surface area contributed by atoms with E-state index in [1.54, 1.807) is 30.6 Å². The number of nitrogens with zero attached hydrogens (tertiary/aromatic N) is 3. The fourth-order valence-electron chi connectivity index (χ4n) is 1.97. The van der Waals surface area contributed by atoms with E-state index >= 15 is 0 Å². The first kappa shape index (κ1) is 12.1. The van der Waals surface area contributed by atoms with Gasteiger partial charge < -0.3 is 5.11 Å². The molecule has 0 aliphatic carbocycles. The molecular formula is C13H10N4O3. The minimum atomic E-state index is -1.02. The van der Waals surface area contributed by atoms with E-state index in [1.165, 1.54) is 10.6 Å². The molecule has 0 amide bonds. The Bertz CT molecular complexity index is 836. The number of hydrogen-bond donors (Lipinski definition) is 2. The Morgan fingerprint density at radius 3 is 2.75 bits per heavy atom. The molecule has 0 spiro atoms. The molecule has 0 aliphatic heterocycles. The maximum absolute atomic E-state index is 11.9. The number of rotatable bonds is 3. The first-order valence-electron chi connectivity index (χ1n) is 5.87. The molecule has 2 N–H and O–H groups in total. The maximum atomic E-state index is 11.9. The van der Waals surface area contributed by atoms with E-state index in [4.69, 9.17) is 5.11 Å². The quantitative estimate of drug-likeness (QED) is 0.730. The molecule has 3 aromatic heterocycles. The fraction of sp³-hybridized carbons (Fsp3) is 0.0769. The maximum Gasteiger partial charge on any atom is 0.309 e. The number of aromatic nitrogens is 4. The lowest BCUT2D eigenvalue weighted by molar-refractivity contribution is -0.136. The number of pyridine rings is 1. The van der Waals surface area contributed by atoms with Gasteiger partial charge >= 0.3 is 5.97 Å². The molecule has 0 saturated heterocycles. The molecular weight excluding hydrogens is 260 g/mol. The number of nitrogens with one attached hydrogen (secondary N) is 1. The van der Waals surface area contributed by atoms with Crippen LogP contribution in [0.5, 0.6) is 0 Å². The summed E-state index contributed by atoms with van der Waals surface area (Å²) < 4.78 is 1.28. The third kappa shape index (κ3) is 2.16. The zero-order valence-electron chi connectivity index (χ0n) is 10.3. The second kappa shape index (κ2) is 4.61. The van der Waals surface area contributed by atoms with Gasteiger partial charge in [-0.1, -0.05) is 0 Å². The van der Waals surface area contributed by atoms with E-state index in [0.29, 0.717) is 11.3 Å². The van der Waals surface area contributed by atoms with Gasteiger partial charge in [0.1, 0.15) is 0 Å². The van der Waals surface area contributed by atoms with Crippen LogP contribution in [-0.4, -0.2) is 30.7 Å². The fourth-order valence-corrected chi connectivity index (χ4v) is 1.97. The average molecular weight is 270 g/mol. The van der Waals surface area contributed by atoms with E-state index in [-0.39, 0.29) is 17.7 Å². The molecule has 0 fully saturated rings. The first-order valence-corrected chi connectivity index (χ1v) is 5.87. The summed E-state index contributed by atoms with van der Waals surface area (Å²) in [4.78, 5) is 30.7. The normalized spacial score (nSPS) is 10.8. The number of fused-ring (bicyclic) bond motifs is 1. The van der Waals surface area contributed by atoms with Crippen LogP contribution in [-0.2, 0) is 11.2 Å². The van der Waals surface area contributed by atoms with E-state index in [1.807, 2.05) is 0 Å². The van der Waals surface area contributed by atoms with Gasteiger partial charge in [0.2, 0.25) is 0 Å². The van der Waals surface area contributed by atoms with Crippen molar-refractivity contribution >= 4 is 11.6 Å². The topological polar surface area (TPSA) is 100 Å². The van der Waals surface area contributed by atoms with Gasteiger partial charge in [-0.3, -0.25) is 19.7 Å². The van der Waals surface area contributed by atoms with Crippen LogP contribution >= 0.6 is 0 Å². The monoisotopic (exact) mass is 270 g/mol. The predicted octanol–water partition coefficient (Wildman–Crippen LogP) is 0.712. The largest absolute Gasteiger partial charge is 0.481 e. The highest BCUT2D eigenvalue weighted by atomic mass is 16.4. The molecule has 7 heteroatoms. The van der Waals surface area contributed by atoms with Crippen molar-refractivity contribution in [2.24, 2.45) is 0 Å². The molecule has 100 valence electrons. The Balaban J connectivity index is 2.14. The summed E-state index contributed by atoms with van der Waals surface area (Å²) in [7, 11) is 0. The molecule has 3 aromatic rings. The van der Waals surface area contributed by atoms with E-state index < -0.39 is 5.97 Å². The first-order chi connectivity index (χ1) is 9.63. The molecule has 0 aromatic carbocycles. The summed E-state index contributed by atoms with van der Waals surface area (Å²) in [5.74, 6) is -1.02. The lowest BCUT2D eigenvalue weighted by atomic mass is 10.2. The van der Waals surface area contributed by atoms with Crippen molar-refractivity contribution in [1.29, 1.82) is 0 Å². The smallest absolute Gasteiger partial charge is 0.309 e. The van der Waals surface area contributed by atoms with Crippen molar-refractivity contribution in [2.75, 3.05) is 0 Å². The van der Waals surface area contributed by atoms with Gasteiger partial charge in [0.25, 0.3) is 5.56 Å². The minimum absolute atomic E-state index is 0.239. The van der Waals surface area contributed by atoms with Crippen molar-refractivity contribution in [3.63, 3.8) is 0 Å². The van der Waals surface area contributed by atoms with Gasteiger partial charge in [-0.15, -0.1) is 0 Å². The zero-order chi connectivity index (χ0) is 14.1. The highest BCUT2D eigenvalue weighted by Gasteiger charge is 2.09. The molecule has 0 saturated carbocycles. The van der Waals surface area contributed by atoms with Crippen molar-refractivity contribution in [2.45, 2.75) is 6.42 Å². The third-order valence-electron chi connectivity index (χ3n) is 2.83. The van der Waals surface area contributed by atoms with Crippen LogP contribution in [0.1, 0.15) is 5.69 Å². The van der Waals surface area contributed by atoms with Gasteiger partial charge in [0.05, 0.1) is 17.8 Å². The number of H-pyrrole nitrogens is 1. The lowest BCUT2D eigenvalue weighted by Crippen LogP contribution is -2.16. The zero-order valence-corrected chi connectivity index (χ0v) is 10.3. The van der Waals surface area contributed by atoms with Crippen molar-refractivity contribution in [3.8, 4) is 11.3 Å². The summed E-state index contributed by atoms with van der Waals surface area (Å²) in [5, 5.41) is 11.7. The lowest BCUT2D eigenvalue weighted by Gasteiger charge is -1.97. The van der Waals surface area contributed by atoms with Crippen LogP contribution < -0.4 is 5.56 Å². The Morgan fingerprint density at radius 2 is 2.05 bits per heavy atom. The number of carboxylic acid groups (broad SMARTS) is 1. The summed E-state index contributed by atoms with van der Waals surface area (Å²) in [6.45, 7) is 0. The number of carbonyl (C=O) groups is 1. The summed E-state index contributed by atoms with van der Waals surface area (Å²) in [5.41, 5.74) is 1.86. The molecule has 20 heavy (non-hydrogen) atoms. The van der Waals surface area contributed by atoms with Gasteiger partial charge in [-0.05, 0) is 12.1 Å². The molecule has 0 aliphatic rings. The Hall–Kier alpha value is -2.96. The van der Waals surface area contributed by atoms with Crippen molar-refractivity contribution in [1.82, 2.24) is 19.6 Å². The van der Waals surface area contributed by atoms with Gasteiger partial charge in [0.15, 0.2) is 5.65 Å². The van der Waals surface area contributed by atoms with E-state index in [2.05, 4.69) is 15.1 Å². The number of aromatic amines is 1. The molecule has 0 atom stereocenters. The summed E-state index contributed by atoms with van der Waals surface area (Å²) >= 11 is 0. The summed E-state index contributed by atoms with van der Waals surface area (Å²) in [6.07, 6.45) is 3.02. The highest BCUT2D eigenvalue weighted by molar-refractivity contribution is 5.70. The van der Waals surface area contributed by atoms with Crippen LogP contribution in [0.4, 0.5) is 0 Å². The number of carboxylic acids is 1. The highest BCUT2D eigenvalue weighted by Crippen LogP contribution is 2.17. The van der Waals surface area contributed by atoms with Gasteiger partial charge in [0, 0.05) is 30.1 Å². The predicted molar refractivity (Wildman–Crippen MR) is 70.4 cm³/mol. The molecule has 3 heterocycles. The molecule has 0 unspecified atom stereocenters. The SMILES string of the molecule is O=C(O)Cc1cc(=O)n2[nH]c(-c3ccncc3)cc2n1. The minimum Gasteiger partial charge on any atom is -0.481 e. The number of aliphatic carboxylic acids is 1. The number of hydrogen-bond acceptors (Lipinski definition) is 4. The van der Waals surface area contributed by atoms with Crippen LogP contribution in [0.2, 0.25) is 0 Å². The van der Waals surface area contributed by atoms with Crippen LogP contribution in [0.15, 0.2) is 41.5 Å². The Labute approximate surface area is 112 Å².